The van der Waals surface area contributed by atoms with Crippen molar-refractivity contribution in [2.45, 2.75) is 32.8 Å². The highest BCUT2D eigenvalue weighted by Gasteiger charge is 2.25. The van der Waals surface area contributed by atoms with Crippen LogP contribution in [0.3, 0.4) is 0 Å². The van der Waals surface area contributed by atoms with Crippen LogP contribution in [0, 0.1) is 5.82 Å². The Bertz CT molecular complexity index is 483. The molecule has 108 valence electrons. The third-order valence-corrected chi connectivity index (χ3v) is 3.32. The molecule has 0 saturated carbocycles. The van der Waals surface area contributed by atoms with Gasteiger partial charge in [0.25, 0.3) is 0 Å². The molecule has 1 aromatic rings. The second-order valence-electron chi connectivity index (χ2n) is 4.13. The first kappa shape index (κ1) is 18.5. The van der Waals surface area contributed by atoms with Gasteiger partial charge in [0.2, 0.25) is 0 Å². The van der Waals surface area contributed by atoms with Crippen molar-refractivity contribution in [2.24, 2.45) is 0 Å². The fourth-order valence-corrected chi connectivity index (χ4v) is 2.27. The molecule has 1 aromatic carbocycles. The van der Waals surface area contributed by atoms with E-state index in [1.54, 1.807) is 13.8 Å². The number of hydrogen-bond donors (Lipinski definition) is 1. The van der Waals surface area contributed by atoms with E-state index in [4.69, 9.17) is 21.4 Å². The van der Waals surface area contributed by atoms with Crippen LogP contribution in [0.25, 0.3) is 0 Å². The molecule has 1 rings (SSSR count). The number of halogens is 3. The van der Waals surface area contributed by atoms with Gasteiger partial charge >= 0.3 is 5.97 Å². The van der Waals surface area contributed by atoms with Crippen molar-refractivity contribution in [3.8, 4) is 5.75 Å². The van der Waals surface area contributed by atoms with E-state index in [1.807, 2.05) is 0 Å². The fourth-order valence-electron chi connectivity index (χ4n) is 1.41. The van der Waals surface area contributed by atoms with Gasteiger partial charge < -0.3 is 9.84 Å². The van der Waals surface area contributed by atoms with Crippen LogP contribution in [-0.2, 0) is 4.79 Å². The molecule has 0 saturated heterocycles. The Morgan fingerprint density at radius 2 is 2.00 bits per heavy atom. The zero-order chi connectivity index (χ0) is 14.0. The Balaban J connectivity index is 0.00000324. The number of benzene rings is 1. The van der Waals surface area contributed by atoms with Crippen LogP contribution in [0.1, 0.15) is 32.3 Å². The number of rotatable bonds is 4. The number of carbonyl (C=O) groups is 1. The molecule has 0 bridgehead atoms. The van der Waals surface area contributed by atoms with Crippen LogP contribution in [0.15, 0.2) is 10.5 Å². The van der Waals surface area contributed by atoms with Crippen LogP contribution in [0.4, 0.5) is 4.39 Å². The van der Waals surface area contributed by atoms with Gasteiger partial charge in [-0.1, -0.05) is 11.6 Å². The number of carboxylic acids is 1. The van der Waals surface area contributed by atoms with Crippen LogP contribution < -0.4 is 4.74 Å². The van der Waals surface area contributed by atoms with Gasteiger partial charge in [0.15, 0.2) is 5.82 Å². The number of hydrogen-bond acceptors (Lipinski definition) is 2. The lowest BCUT2D eigenvalue weighted by Gasteiger charge is -2.19. The lowest BCUT2D eigenvalue weighted by Crippen LogP contribution is -2.14. The van der Waals surface area contributed by atoms with Gasteiger partial charge in [0, 0.05) is 5.56 Å². The predicted molar refractivity (Wildman–Crippen MR) is 81.3 cm³/mol. The normalized spacial score (nSPS) is 11.9. The Morgan fingerprint density at radius 1 is 1.47 bits per heavy atom. The summed E-state index contributed by atoms with van der Waals surface area (Å²) in [5.74, 6) is -2.35. The molecule has 0 heterocycles. The zero-order valence-electron chi connectivity index (χ0n) is 10.6. The van der Waals surface area contributed by atoms with E-state index in [9.17, 15) is 9.18 Å². The second-order valence-corrected chi connectivity index (χ2v) is 5.33. The molecule has 0 fully saturated rings. The summed E-state index contributed by atoms with van der Waals surface area (Å²) in [7, 11) is 0. The van der Waals surface area contributed by atoms with E-state index in [2.05, 4.69) is 15.9 Å². The largest absolute Gasteiger partial charge is 0.489 e. The smallest absolute Gasteiger partial charge is 0.310 e. The first-order valence-corrected chi connectivity index (χ1v) is 6.49. The van der Waals surface area contributed by atoms with Gasteiger partial charge in [0.05, 0.1) is 21.5 Å². The monoisotopic (exact) mass is 372 g/mol. The van der Waals surface area contributed by atoms with Gasteiger partial charge in [-0.15, -0.1) is 0 Å². The first-order valence-electron chi connectivity index (χ1n) is 5.32. The van der Waals surface area contributed by atoms with Gasteiger partial charge in [0.1, 0.15) is 5.75 Å². The first-order chi connectivity index (χ1) is 8.25. The summed E-state index contributed by atoms with van der Waals surface area (Å²) in [4.78, 5) is 11.0. The Morgan fingerprint density at radius 3 is 2.42 bits per heavy atom. The Hall–Kier alpha value is -0.460. The molecular formula is C12H15BrClFO3S. The summed E-state index contributed by atoms with van der Waals surface area (Å²) in [6.45, 7) is 5.04. The molecule has 0 aliphatic carbocycles. The lowest BCUT2D eigenvalue weighted by atomic mass is 10.00. The van der Waals surface area contributed by atoms with Crippen molar-refractivity contribution >= 4 is 47.0 Å². The number of carboxylic acid groups (broad SMARTS) is 1. The SMILES string of the molecule is CC(C)Oc1c([C@H](C)C(=O)O)cc(Cl)c(F)c1Br.S. The van der Waals surface area contributed by atoms with Crippen molar-refractivity contribution in [1.29, 1.82) is 0 Å². The highest BCUT2D eigenvalue weighted by molar-refractivity contribution is 9.10. The van der Waals surface area contributed by atoms with Gasteiger partial charge in [-0.05, 0) is 42.8 Å². The zero-order valence-corrected chi connectivity index (χ0v) is 14.0. The van der Waals surface area contributed by atoms with Gasteiger partial charge in [-0.2, -0.15) is 13.5 Å². The molecule has 1 N–H and O–H groups in total. The summed E-state index contributed by atoms with van der Waals surface area (Å²) in [6, 6.07) is 1.29. The van der Waals surface area contributed by atoms with E-state index < -0.39 is 17.7 Å². The molecule has 7 heteroatoms. The topological polar surface area (TPSA) is 46.5 Å². The molecule has 0 aliphatic heterocycles. The molecule has 0 aliphatic rings. The maximum Gasteiger partial charge on any atom is 0.310 e. The Labute approximate surface area is 131 Å². The minimum atomic E-state index is -1.03. The van der Waals surface area contributed by atoms with Crippen molar-refractivity contribution in [2.75, 3.05) is 0 Å². The molecular weight excluding hydrogens is 359 g/mol. The van der Waals surface area contributed by atoms with Crippen LogP contribution in [0.5, 0.6) is 5.75 Å². The second kappa shape index (κ2) is 7.36. The number of aliphatic carboxylic acids is 1. The highest BCUT2D eigenvalue weighted by atomic mass is 79.9. The average Bonchev–Trinajstić information content (AvgIpc) is 2.28. The summed E-state index contributed by atoms with van der Waals surface area (Å²) in [5, 5.41) is 8.90. The third kappa shape index (κ3) is 4.26. The van der Waals surface area contributed by atoms with E-state index in [1.165, 1.54) is 13.0 Å². The van der Waals surface area contributed by atoms with Crippen LogP contribution >= 0.6 is 41.0 Å². The molecule has 1 atom stereocenters. The predicted octanol–water partition coefficient (Wildman–Crippen LogP) is 4.33. The van der Waals surface area contributed by atoms with Crippen LogP contribution in [-0.4, -0.2) is 17.2 Å². The molecule has 0 spiro atoms. The summed E-state index contributed by atoms with van der Waals surface area (Å²) in [5.41, 5.74) is 0.342. The van der Waals surface area contributed by atoms with Gasteiger partial charge in [-0.3, -0.25) is 4.79 Å². The summed E-state index contributed by atoms with van der Waals surface area (Å²) >= 11 is 8.77. The molecule has 0 aromatic heterocycles. The van der Waals surface area contributed by atoms with E-state index in [0.29, 0.717) is 5.56 Å². The Kier molecular flexibility index (Phi) is 7.18. The average molecular weight is 374 g/mol. The van der Waals surface area contributed by atoms with E-state index in [-0.39, 0.29) is 34.8 Å². The highest BCUT2D eigenvalue weighted by Crippen LogP contribution is 2.40. The fraction of sp³-hybridized carbons (Fsp3) is 0.417. The molecule has 19 heavy (non-hydrogen) atoms. The molecule has 0 unspecified atom stereocenters. The quantitative estimate of drug-likeness (QED) is 0.799. The third-order valence-electron chi connectivity index (χ3n) is 2.34. The molecule has 0 amide bonds. The number of ether oxygens (including phenoxy) is 1. The maximum absolute atomic E-state index is 13.7. The van der Waals surface area contributed by atoms with E-state index >= 15 is 0 Å². The molecule has 3 nitrogen and oxygen atoms in total. The van der Waals surface area contributed by atoms with Crippen molar-refractivity contribution in [1.82, 2.24) is 0 Å². The molecule has 0 radical (unpaired) electrons. The minimum Gasteiger partial charge on any atom is -0.489 e. The lowest BCUT2D eigenvalue weighted by molar-refractivity contribution is -0.138. The van der Waals surface area contributed by atoms with Crippen molar-refractivity contribution in [3.05, 3.63) is 26.9 Å². The minimum absolute atomic E-state index is 0. The summed E-state index contributed by atoms with van der Waals surface area (Å²) < 4.78 is 19.2. The maximum atomic E-state index is 13.7. The van der Waals surface area contributed by atoms with Crippen LogP contribution in [0.2, 0.25) is 5.02 Å². The van der Waals surface area contributed by atoms with Crippen molar-refractivity contribution in [3.63, 3.8) is 0 Å². The van der Waals surface area contributed by atoms with Gasteiger partial charge in [-0.25, -0.2) is 4.39 Å². The standard InChI is InChI=1S/C12H13BrClFO3.H2S/c1-5(2)18-11-7(6(3)12(16)17)4-8(14)10(15)9(11)13;/h4-6H,1-3H3,(H,16,17);1H2/t6-;/m0./s1. The van der Waals surface area contributed by atoms with E-state index in [0.717, 1.165) is 0 Å². The summed E-state index contributed by atoms with van der Waals surface area (Å²) in [6.07, 6.45) is -0.207. The van der Waals surface area contributed by atoms with Crippen molar-refractivity contribution < 1.29 is 19.0 Å².